The first kappa shape index (κ1) is 19.8. The maximum absolute atomic E-state index is 12.9. The molecule has 1 aromatic rings. The van der Waals surface area contributed by atoms with Gasteiger partial charge in [-0.1, -0.05) is 26.7 Å². The van der Waals surface area contributed by atoms with Crippen LogP contribution in [0.5, 0.6) is 0 Å². The molecule has 1 heterocycles. The van der Waals surface area contributed by atoms with E-state index >= 15 is 0 Å². The minimum atomic E-state index is -0.0125. The topological polar surface area (TPSA) is 44.4 Å². The number of aryl methyl sites for hydroxylation is 2. The lowest BCUT2D eigenvalue weighted by Gasteiger charge is -2.33. The highest BCUT2D eigenvalue weighted by Crippen LogP contribution is 2.26. The molecule has 140 valence electrons. The van der Waals surface area contributed by atoms with Crippen LogP contribution in [0, 0.1) is 13.8 Å². The van der Waals surface area contributed by atoms with Gasteiger partial charge in [0.2, 0.25) is 5.91 Å². The van der Waals surface area contributed by atoms with Crippen molar-refractivity contribution in [3.8, 4) is 0 Å². The van der Waals surface area contributed by atoms with E-state index in [-0.39, 0.29) is 11.9 Å². The van der Waals surface area contributed by atoms with Gasteiger partial charge >= 0.3 is 0 Å². The molecule has 1 aromatic carbocycles. The quantitative estimate of drug-likeness (QED) is 0.670. The lowest BCUT2D eigenvalue weighted by molar-refractivity contribution is -0.121. The first-order valence-corrected chi connectivity index (χ1v) is 9.96. The summed E-state index contributed by atoms with van der Waals surface area (Å²) in [6, 6.07) is 4.27. The zero-order valence-corrected chi connectivity index (χ0v) is 16.5. The Kier molecular flexibility index (Phi) is 7.76. The Morgan fingerprint density at radius 2 is 1.76 bits per heavy atom. The molecule has 0 aliphatic carbocycles. The Morgan fingerprint density at radius 1 is 1.12 bits per heavy atom. The summed E-state index contributed by atoms with van der Waals surface area (Å²) in [7, 11) is 0. The Morgan fingerprint density at radius 3 is 2.32 bits per heavy atom. The predicted octanol–water partition coefficient (Wildman–Crippen LogP) is 4.72. The second-order valence-electron chi connectivity index (χ2n) is 7.28. The molecule has 4 nitrogen and oxygen atoms in total. The summed E-state index contributed by atoms with van der Waals surface area (Å²) in [5, 5.41) is 6.69. The zero-order chi connectivity index (χ0) is 18.2. The standard InChI is InChI=1S/C21H35N3O/c1-5-7-11-22-18-14-16(3)20(17(4)15-18)23-21(25)19(6-2)24-12-9-8-10-13-24/h14-15,19,22H,5-13H2,1-4H3,(H,23,25). The Bertz CT molecular complexity index is 541. The van der Waals surface area contributed by atoms with Crippen molar-refractivity contribution in [2.45, 2.75) is 72.3 Å². The molecule has 0 radical (unpaired) electrons. The molecule has 4 heteroatoms. The van der Waals surface area contributed by atoms with Crippen LogP contribution in [-0.4, -0.2) is 36.5 Å². The van der Waals surface area contributed by atoms with E-state index in [4.69, 9.17) is 0 Å². The van der Waals surface area contributed by atoms with Crippen LogP contribution in [0.3, 0.4) is 0 Å². The highest BCUT2D eigenvalue weighted by atomic mass is 16.2. The summed E-state index contributed by atoms with van der Waals surface area (Å²) in [6.45, 7) is 11.6. The van der Waals surface area contributed by atoms with Crippen LogP contribution in [-0.2, 0) is 4.79 Å². The van der Waals surface area contributed by atoms with E-state index in [9.17, 15) is 4.79 Å². The molecule has 1 saturated heterocycles. The molecule has 0 aromatic heterocycles. The van der Waals surface area contributed by atoms with E-state index in [0.717, 1.165) is 48.6 Å². The minimum Gasteiger partial charge on any atom is -0.385 e. The summed E-state index contributed by atoms with van der Waals surface area (Å²) in [6.07, 6.45) is 6.93. The number of hydrogen-bond acceptors (Lipinski definition) is 3. The molecule has 0 saturated carbocycles. The molecule has 1 fully saturated rings. The molecule has 2 rings (SSSR count). The van der Waals surface area contributed by atoms with Crippen molar-refractivity contribution < 1.29 is 4.79 Å². The summed E-state index contributed by atoms with van der Waals surface area (Å²) in [4.78, 5) is 15.2. The first-order chi connectivity index (χ1) is 12.1. The molecule has 1 unspecified atom stereocenters. The third-order valence-electron chi connectivity index (χ3n) is 5.16. The van der Waals surface area contributed by atoms with E-state index in [1.807, 2.05) is 0 Å². The van der Waals surface area contributed by atoms with Gasteiger partial charge in [-0.15, -0.1) is 0 Å². The molecular formula is C21H35N3O. The average Bonchev–Trinajstić information content (AvgIpc) is 2.60. The molecule has 0 spiro atoms. The van der Waals surface area contributed by atoms with Crippen molar-refractivity contribution >= 4 is 17.3 Å². The first-order valence-electron chi connectivity index (χ1n) is 9.96. The second-order valence-corrected chi connectivity index (χ2v) is 7.28. The molecule has 25 heavy (non-hydrogen) atoms. The van der Waals surface area contributed by atoms with E-state index in [0.29, 0.717) is 0 Å². The summed E-state index contributed by atoms with van der Waals surface area (Å²) < 4.78 is 0. The number of hydrogen-bond donors (Lipinski definition) is 2. The zero-order valence-electron chi connectivity index (χ0n) is 16.5. The fourth-order valence-corrected chi connectivity index (χ4v) is 3.72. The van der Waals surface area contributed by atoms with Crippen LogP contribution in [0.1, 0.15) is 63.5 Å². The van der Waals surface area contributed by atoms with Crippen molar-refractivity contribution in [1.29, 1.82) is 0 Å². The Labute approximate surface area is 153 Å². The van der Waals surface area contributed by atoms with E-state index < -0.39 is 0 Å². The highest BCUT2D eigenvalue weighted by Gasteiger charge is 2.26. The van der Waals surface area contributed by atoms with Gasteiger partial charge in [-0.3, -0.25) is 9.69 Å². The molecule has 1 aliphatic rings. The van der Waals surface area contributed by atoms with Gasteiger partial charge in [0, 0.05) is 17.9 Å². The van der Waals surface area contributed by atoms with Crippen LogP contribution in [0.4, 0.5) is 11.4 Å². The number of carbonyl (C=O) groups excluding carboxylic acids is 1. The minimum absolute atomic E-state index is 0.0125. The van der Waals surface area contributed by atoms with Crippen molar-refractivity contribution in [1.82, 2.24) is 4.90 Å². The largest absolute Gasteiger partial charge is 0.385 e. The summed E-state index contributed by atoms with van der Waals surface area (Å²) in [5.74, 6) is 0.141. The van der Waals surface area contributed by atoms with Gasteiger partial charge in [-0.2, -0.15) is 0 Å². The number of nitrogens with one attached hydrogen (secondary N) is 2. The maximum Gasteiger partial charge on any atom is 0.241 e. The SMILES string of the molecule is CCCCNc1cc(C)c(NC(=O)C(CC)N2CCCCC2)c(C)c1. The van der Waals surface area contributed by atoms with Crippen LogP contribution < -0.4 is 10.6 Å². The summed E-state index contributed by atoms with van der Waals surface area (Å²) in [5.41, 5.74) is 4.37. The number of rotatable bonds is 8. The van der Waals surface area contributed by atoms with E-state index in [2.05, 4.69) is 55.4 Å². The molecule has 2 N–H and O–H groups in total. The number of likely N-dealkylation sites (tertiary alicyclic amines) is 1. The number of nitrogens with zero attached hydrogens (tertiary/aromatic N) is 1. The predicted molar refractivity (Wildman–Crippen MR) is 107 cm³/mol. The highest BCUT2D eigenvalue weighted by molar-refractivity contribution is 5.96. The molecule has 1 amide bonds. The number of piperidine rings is 1. The second kappa shape index (κ2) is 9.81. The van der Waals surface area contributed by atoms with Crippen molar-refractivity contribution in [2.24, 2.45) is 0 Å². The molecule has 0 bridgehead atoms. The maximum atomic E-state index is 12.9. The normalized spacial score (nSPS) is 16.5. The van der Waals surface area contributed by atoms with Gasteiger partial charge in [0.25, 0.3) is 0 Å². The van der Waals surface area contributed by atoms with Gasteiger partial charge in [0.1, 0.15) is 0 Å². The van der Waals surface area contributed by atoms with Gasteiger partial charge in [-0.05, 0) is 75.9 Å². The third-order valence-corrected chi connectivity index (χ3v) is 5.16. The Balaban J connectivity index is 2.06. The summed E-state index contributed by atoms with van der Waals surface area (Å²) >= 11 is 0. The van der Waals surface area contributed by atoms with Gasteiger partial charge in [-0.25, -0.2) is 0 Å². The van der Waals surface area contributed by atoms with Gasteiger partial charge < -0.3 is 10.6 Å². The van der Waals surface area contributed by atoms with Gasteiger partial charge in [0.15, 0.2) is 0 Å². The van der Waals surface area contributed by atoms with E-state index in [1.165, 1.54) is 32.1 Å². The van der Waals surface area contributed by atoms with Crippen LogP contribution >= 0.6 is 0 Å². The Hall–Kier alpha value is -1.55. The number of unbranched alkanes of at least 4 members (excludes halogenated alkanes) is 1. The van der Waals surface area contributed by atoms with Gasteiger partial charge in [0.05, 0.1) is 6.04 Å². The monoisotopic (exact) mass is 345 g/mol. The molecular weight excluding hydrogens is 310 g/mol. The van der Waals surface area contributed by atoms with Crippen LogP contribution in [0.25, 0.3) is 0 Å². The average molecular weight is 346 g/mol. The number of anilines is 2. The lowest BCUT2D eigenvalue weighted by atomic mass is 10.0. The number of amides is 1. The van der Waals surface area contributed by atoms with Crippen molar-refractivity contribution in [3.63, 3.8) is 0 Å². The lowest BCUT2D eigenvalue weighted by Crippen LogP contribution is -2.46. The smallest absolute Gasteiger partial charge is 0.241 e. The van der Waals surface area contributed by atoms with Crippen LogP contribution in [0.2, 0.25) is 0 Å². The fraction of sp³-hybridized carbons (Fsp3) is 0.667. The number of benzene rings is 1. The van der Waals surface area contributed by atoms with Crippen molar-refractivity contribution in [2.75, 3.05) is 30.3 Å². The number of carbonyl (C=O) groups is 1. The van der Waals surface area contributed by atoms with E-state index in [1.54, 1.807) is 0 Å². The van der Waals surface area contributed by atoms with Crippen molar-refractivity contribution in [3.05, 3.63) is 23.3 Å². The fourth-order valence-electron chi connectivity index (χ4n) is 3.72. The molecule has 1 aliphatic heterocycles. The molecule has 1 atom stereocenters. The third kappa shape index (κ3) is 5.46. The van der Waals surface area contributed by atoms with Crippen LogP contribution in [0.15, 0.2) is 12.1 Å².